The van der Waals surface area contributed by atoms with Gasteiger partial charge < -0.3 is 11.1 Å². The Morgan fingerprint density at radius 1 is 1.43 bits per heavy atom. The Morgan fingerprint density at radius 3 is 2.48 bits per heavy atom. The molecule has 0 aliphatic carbocycles. The summed E-state index contributed by atoms with van der Waals surface area (Å²) in [6, 6.07) is 2.89. The number of amides is 1. The standard InChI is InChI=1S/C13H22ClN3O3S2.ClH/c1-9(2)6-13(3,8-15)17-11(18)7-16-22(19,20)12-5-4-10(14)21-12;/h4-5,9,16H,6-8,15H2,1-3H3,(H,17,18);1H. The van der Waals surface area contributed by atoms with E-state index in [4.69, 9.17) is 17.3 Å². The number of halogens is 2. The van der Waals surface area contributed by atoms with Crippen molar-refractivity contribution in [1.82, 2.24) is 10.0 Å². The summed E-state index contributed by atoms with van der Waals surface area (Å²) in [4.78, 5) is 12.0. The number of hydrogen-bond donors (Lipinski definition) is 3. The van der Waals surface area contributed by atoms with E-state index in [-0.39, 0.29) is 29.7 Å². The molecule has 0 aromatic carbocycles. The van der Waals surface area contributed by atoms with E-state index in [1.807, 2.05) is 20.8 Å². The highest BCUT2D eigenvalue weighted by atomic mass is 35.5. The van der Waals surface area contributed by atoms with Crippen molar-refractivity contribution in [2.24, 2.45) is 11.7 Å². The average Bonchev–Trinajstić information content (AvgIpc) is 2.83. The fourth-order valence-electron chi connectivity index (χ4n) is 2.14. The Bertz CT molecular complexity index is 620. The van der Waals surface area contributed by atoms with E-state index in [2.05, 4.69) is 10.0 Å². The number of hydrogen-bond acceptors (Lipinski definition) is 5. The molecule has 4 N–H and O–H groups in total. The maximum Gasteiger partial charge on any atom is 0.250 e. The van der Waals surface area contributed by atoms with Gasteiger partial charge >= 0.3 is 0 Å². The van der Waals surface area contributed by atoms with E-state index < -0.39 is 21.5 Å². The lowest BCUT2D eigenvalue weighted by molar-refractivity contribution is -0.121. The number of carbonyl (C=O) groups excluding carboxylic acids is 1. The van der Waals surface area contributed by atoms with Crippen molar-refractivity contribution in [3.63, 3.8) is 0 Å². The topological polar surface area (TPSA) is 101 Å². The van der Waals surface area contributed by atoms with Gasteiger partial charge in [-0.05, 0) is 31.4 Å². The first-order valence-electron chi connectivity index (χ1n) is 6.84. The van der Waals surface area contributed by atoms with E-state index in [0.717, 1.165) is 11.3 Å². The molecule has 0 radical (unpaired) electrons. The van der Waals surface area contributed by atoms with Gasteiger partial charge in [-0.15, -0.1) is 23.7 Å². The first kappa shape index (κ1) is 22.6. The predicted molar refractivity (Wildman–Crippen MR) is 96.8 cm³/mol. The van der Waals surface area contributed by atoms with Crippen LogP contribution in [0.4, 0.5) is 0 Å². The number of nitrogens with two attached hydrogens (primary N) is 1. The van der Waals surface area contributed by atoms with Crippen LogP contribution in [0.1, 0.15) is 27.2 Å². The van der Waals surface area contributed by atoms with Crippen LogP contribution < -0.4 is 15.8 Å². The molecule has 1 rings (SSSR count). The lowest BCUT2D eigenvalue weighted by Crippen LogP contribution is -2.54. The summed E-state index contributed by atoms with van der Waals surface area (Å²) in [5.41, 5.74) is 5.16. The molecule has 0 bridgehead atoms. The third-order valence-electron chi connectivity index (χ3n) is 2.99. The molecule has 0 saturated carbocycles. The minimum atomic E-state index is -3.73. The molecule has 0 fully saturated rings. The Kier molecular flexibility index (Phi) is 9.04. The number of nitrogens with one attached hydrogen (secondary N) is 2. The van der Waals surface area contributed by atoms with Gasteiger partial charge in [0.25, 0.3) is 10.0 Å². The zero-order chi connectivity index (χ0) is 17.0. The van der Waals surface area contributed by atoms with E-state index in [0.29, 0.717) is 16.7 Å². The summed E-state index contributed by atoms with van der Waals surface area (Å²) in [7, 11) is -3.73. The van der Waals surface area contributed by atoms with Crippen LogP contribution >= 0.6 is 35.3 Å². The number of thiophene rings is 1. The number of carbonyl (C=O) groups is 1. The van der Waals surface area contributed by atoms with Crippen LogP contribution in [0.25, 0.3) is 0 Å². The molecule has 1 atom stereocenters. The monoisotopic (exact) mass is 403 g/mol. The van der Waals surface area contributed by atoms with Gasteiger partial charge in [0.2, 0.25) is 5.91 Å². The maximum absolute atomic E-state index is 12.0. The third-order valence-corrected chi connectivity index (χ3v) is 6.11. The maximum atomic E-state index is 12.0. The quantitative estimate of drug-likeness (QED) is 0.617. The predicted octanol–water partition coefficient (Wildman–Crippen LogP) is 1.98. The van der Waals surface area contributed by atoms with Crippen molar-refractivity contribution < 1.29 is 13.2 Å². The first-order valence-corrected chi connectivity index (χ1v) is 9.52. The summed E-state index contributed by atoms with van der Waals surface area (Å²) >= 11 is 6.65. The molecule has 0 spiro atoms. The smallest absolute Gasteiger partial charge is 0.250 e. The highest BCUT2D eigenvalue weighted by Gasteiger charge is 2.26. The van der Waals surface area contributed by atoms with E-state index in [1.165, 1.54) is 12.1 Å². The summed E-state index contributed by atoms with van der Waals surface area (Å²) in [5, 5.41) is 2.79. The normalized spacial score (nSPS) is 14.2. The van der Waals surface area contributed by atoms with Crippen molar-refractivity contribution >= 4 is 51.3 Å². The second-order valence-electron chi connectivity index (χ2n) is 5.79. The fourth-order valence-corrected chi connectivity index (χ4v) is 4.65. The highest BCUT2D eigenvalue weighted by molar-refractivity contribution is 7.91. The molecule has 0 aliphatic rings. The lowest BCUT2D eigenvalue weighted by atomic mass is 9.91. The summed E-state index contributed by atoms with van der Waals surface area (Å²) in [6.45, 7) is 5.85. The van der Waals surface area contributed by atoms with Crippen molar-refractivity contribution in [3.8, 4) is 0 Å². The second-order valence-corrected chi connectivity index (χ2v) is 9.50. The molecule has 23 heavy (non-hydrogen) atoms. The zero-order valence-electron chi connectivity index (χ0n) is 13.3. The fraction of sp³-hybridized carbons (Fsp3) is 0.615. The minimum absolute atomic E-state index is 0. The van der Waals surface area contributed by atoms with E-state index >= 15 is 0 Å². The first-order chi connectivity index (χ1) is 10.1. The average molecular weight is 404 g/mol. The second kappa shape index (κ2) is 9.19. The molecule has 10 heteroatoms. The van der Waals surface area contributed by atoms with Gasteiger partial charge in [-0.3, -0.25) is 4.79 Å². The van der Waals surface area contributed by atoms with Crippen LogP contribution in [-0.2, 0) is 14.8 Å². The Hall–Kier alpha value is -0.380. The Labute approximate surface area is 152 Å². The van der Waals surface area contributed by atoms with Crippen LogP contribution in [0.3, 0.4) is 0 Å². The van der Waals surface area contributed by atoms with Gasteiger partial charge in [0.1, 0.15) is 4.21 Å². The molecular formula is C13H23Cl2N3O3S2. The summed E-state index contributed by atoms with van der Waals surface area (Å²) in [6.07, 6.45) is 0.711. The number of rotatable bonds is 8. The molecule has 1 aromatic heterocycles. The van der Waals surface area contributed by atoms with Gasteiger partial charge in [0.05, 0.1) is 10.9 Å². The molecule has 0 aliphatic heterocycles. The van der Waals surface area contributed by atoms with E-state index in [1.54, 1.807) is 0 Å². The molecule has 1 unspecified atom stereocenters. The van der Waals surface area contributed by atoms with Crippen molar-refractivity contribution in [2.45, 2.75) is 36.9 Å². The van der Waals surface area contributed by atoms with Crippen LogP contribution in [0.5, 0.6) is 0 Å². The van der Waals surface area contributed by atoms with Crippen LogP contribution in [0.15, 0.2) is 16.3 Å². The molecular weight excluding hydrogens is 381 g/mol. The summed E-state index contributed by atoms with van der Waals surface area (Å²) < 4.78 is 26.7. The molecule has 1 aromatic rings. The van der Waals surface area contributed by atoms with Gasteiger partial charge in [-0.2, -0.15) is 0 Å². The van der Waals surface area contributed by atoms with Crippen LogP contribution in [-0.4, -0.2) is 33.0 Å². The van der Waals surface area contributed by atoms with Crippen molar-refractivity contribution in [1.29, 1.82) is 0 Å². The molecule has 6 nitrogen and oxygen atoms in total. The third kappa shape index (κ3) is 7.36. The Balaban J connectivity index is 0.00000484. The van der Waals surface area contributed by atoms with Gasteiger partial charge in [-0.1, -0.05) is 25.4 Å². The summed E-state index contributed by atoms with van der Waals surface area (Å²) in [5.74, 6) is -0.0568. The molecule has 1 amide bonds. The largest absolute Gasteiger partial charge is 0.349 e. The Morgan fingerprint density at radius 2 is 2.04 bits per heavy atom. The van der Waals surface area contributed by atoms with Crippen molar-refractivity contribution in [2.75, 3.05) is 13.1 Å². The SMILES string of the molecule is CC(C)CC(C)(CN)NC(=O)CNS(=O)(=O)c1ccc(Cl)s1.Cl. The minimum Gasteiger partial charge on any atom is -0.349 e. The van der Waals surface area contributed by atoms with Gasteiger partial charge in [0, 0.05) is 12.1 Å². The van der Waals surface area contributed by atoms with Gasteiger partial charge in [0.15, 0.2) is 0 Å². The van der Waals surface area contributed by atoms with Crippen LogP contribution in [0.2, 0.25) is 4.34 Å². The molecule has 0 saturated heterocycles. The molecule has 1 heterocycles. The number of sulfonamides is 1. The van der Waals surface area contributed by atoms with Gasteiger partial charge in [-0.25, -0.2) is 13.1 Å². The molecule has 134 valence electrons. The van der Waals surface area contributed by atoms with E-state index in [9.17, 15) is 13.2 Å². The zero-order valence-corrected chi connectivity index (χ0v) is 16.5. The van der Waals surface area contributed by atoms with Crippen LogP contribution in [0, 0.1) is 5.92 Å². The highest BCUT2D eigenvalue weighted by Crippen LogP contribution is 2.25. The lowest BCUT2D eigenvalue weighted by Gasteiger charge is -2.31. The van der Waals surface area contributed by atoms with Crippen molar-refractivity contribution in [3.05, 3.63) is 16.5 Å².